The quantitative estimate of drug-likeness (QED) is 0.424. The summed E-state index contributed by atoms with van der Waals surface area (Å²) < 4.78 is 0. The number of carbonyl (C=O) groups excluding carboxylic acids is 1. The molecular weight excluding hydrogens is 398 g/mol. The second kappa shape index (κ2) is 8.88. The van der Waals surface area contributed by atoms with Crippen LogP contribution in [0.15, 0.2) is 67.3 Å². The molecule has 1 aromatic carbocycles. The number of hydrogen-bond acceptors (Lipinski definition) is 6. The second-order valence-corrected chi connectivity index (χ2v) is 7.37. The smallest absolute Gasteiger partial charge is 0.166 e. The maximum Gasteiger partial charge on any atom is 0.166 e. The van der Waals surface area contributed by atoms with Crippen LogP contribution in [0.3, 0.4) is 0 Å². The first-order chi connectivity index (χ1) is 14.6. The number of nitrogens with one attached hydrogen (secondary N) is 1. The van der Waals surface area contributed by atoms with Crippen molar-refractivity contribution in [1.29, 1.82) is 0 Å². The molecule has 4 rings (SSSR count). The maximum atomic E-state index is 12.9. The number of nitrogen functional groups attached to an aromatic ring is 1. The van der Waals surface area contributed by atoms with Gasteiger partial charge in [0.2, 0.25) is 0 Å². The standard InChI is InChI=1S/C23H20ClN5O/c24-18-12-20(23(29-14-18)28-13-16-5-8-26-9-6-16)21(30)4-2-15-1-3-19-17(11-15)7-10-27-22(19)25/h1,3,5-12,14H,2,4,13H2,(H2,25,27)(H,28,29). The lowest BCUT2D eigenvalue weighted by atomic mass is 10.0. The molecule has 0 fully saturated rings. The molecule has 0 spiro atoms. The Balaban J connectivity index is 1.48. The summed E-state index contributed by atoms with van der Waals surface area (Å²) in [5.74, 6) is 1.01. The predicted molar refractivity (Wildman–Crippen MR) is 120 cm³/mol. The van der Waals surface area contributed by atoms with E-state index in [4.69, 9.17) is 17.3 Å². The van der Waals surface area contributed by atoms with E-state index >= 15 is 0 Å². The molecule has 0 aliphatic carbocycles. The lowest BCUT2D eigenvalue weighted by molar-refractivity contribution is 0.0983. The van der Waals surface area contributed by atoms with Crippen molar-refractivity contribution in [2.75, 3.05) is 11.1 Å². The molecule has 0 aliphatic heterocycles. The Kier molecular flexibility index (Phi) is 5.86. The van der Waals surface area contributed by atoms with Gasteiger partial charge in [0.1, 0.15) is 11.6 Å². The molecule has 0 atom stereocenters. The number of anilines is 2. The van der Waals surface area contributed by atoms with Crippen LogP contribution >= 0.6 is 11.6 Å². The third-order valence-corrected chi connectivity index (χ3v) is 5.07. The molecule has 30 heavy (non-hydrogen) atoms. The number of aromatic nitrogens is 3. The monoisotopic (exact) mass is 417 g/mol. The molecule has 0 unspecified atom stereocenters. The Bertz CT molecular complexity index is 1200. The zero-order valence-electron chi connectivity index (χ0n) is 16.2. The van der Waals surface area contributed by atoms with E-state index in [2.05, 4.69) is 20.3 Å². The Hall–Kier alpha value is -3.51. The highest BCUT2D eigenvalue weighted by Crippen LogP contribution is 2.23. The average molecular weight is 418 g/mol. The fraction of sp³-hybridized carbons (Fsp3) is 0.130. The number of halogens is 1. The molecule has 6 nitrogen and oxygen atoms in total. The van der Waals surface area contributed by atoms with E-state index in [9.17, 15) is 4.79 Å². The molecule has 0 saturated heterocycles. The highest BCUT2D eigenvalue weighted by Gasteiger charge is 2.14. The van der Waals surface area contributed by atoms with E-state index in [0.717, 1.165) is 21.9 Å². The molecule has 3 heterocycles. The molecule has 0 amide bonds. The number of ketones is 1. The SMILES string of the molecule is Nc1nccc2cc(CCC(=O)c3cc(Cl)cnc3NCc3ccncc3)ccc12. The number of nitrogens with two attached hydrogens (primary N) is 1. The number of pyridine rings is 3. The van der Waals surface area contributed by atoms with Crippen LogP contribution in [0.4, 0.5) is 11.6 Å². The van der Waals surface area contributed by atoms with Crippen LogP contribution in [0.1, 0.15) is 27.9 Å². The van der Waals surface area contributed by atoms with Crippen LogP contribution in [0, 0.1) is 0 Å². The summed E-state index contributed by atoms with van der Waals surface area (Å²) >= 11 is 6.11. The minimum absolute atomic E-state index is 0.0171. The van der Waals surface area contributed by atoms with Gasteiger partial charge in [-0.05, 0) is 47.2 Å². The normalized spacial score (nSPS) is 10.8. The minimum Gasteiger partial charge on any atom is -0.383 e. The van der Waals surface area contributed by atoms with Crippen LogP contribution in [0.2, 0.25) is 5.02 Å². The summed E-state index contributed by atoms with van der Waals surface area (Å²) in [5.41, 5.74) is 8.51. The average Bonchev–Trinajstić information content (AvgIpc) is 2.77. The van der Waals surface area contributed by atoms with Crippen molar-refractivity contribution in [3.63, 3.8) is 0 Å². The lowest BCUT2D eigenvalue weighted by Crippen LogP contribution is -2.10. The van der Waals surface area contributed by atoms with Gasteiger partial charge >= 0.3 is 0 Å². The molecule has 4 aromatic rings. The van der Waals surface area contributed by atoms with Crippen molar-refractivity contribution in [2.45, 2.75) is 19.4 Å². The molecule has 0 bridgehead atoms. The molecule has 0 aliphatic rings. The van der Waals surface area contributed by atoms with Gasteiger partial charge in [0.15, 0.2) is 5.78 Å². The first-order valence-corrected chi connectivity index (χ1v) is 9.92. The minimum atomic E-state index is -0.0171. The third-order valence-electron chi connectivity index (χ3n) is 4.86. The van der Waals surface area contributed by atoms with Gasteiger partial charge in [-0.15, -0.1) is 0 Å². The van der Waals surface area contributed by atoms with E-state index in [1.54, 1.807) is 24.7 Å². The van der Waals surface area contributed by atoms with Crippen LogP contribution in [-0.2, 0) is 13.0 Å². The lowest BCUT2D eigenvalue weighted by Gasteiger charge is -2.11. The highest BCUT2D eigenvalue weighted by molar-refractivity contribution is 6.31. The number of aryl methyl sites for hydroxylation is 1. The molecule has 3 N–H and O–H groups in total. The number of fused-ring (bicyclic) bond motifs is 1. The van der Waals surface area contributed by atoms with Gasteiger partial charge in [-0.1, -0.05) is 29.8 Å². The third kappa shape index (κ3) is 4.55. The van der Waals surface area contributed by atoms with Crippen molar-refractivity contribution in [2.24, 2.45) is 0 Å². The molecule has 0 radical (unpaired) electrons. The van der Waals surface area contributed by atoms with E-state index in [-0.39, 0.29) is 5.78 Å². The first kappa shape index (κ1) is 19.8. The van der Waals surface area contributed by atoms with Crippen molar-refractivity contribution in [3.8, 4) is 0 Å². The number of hydrogen-bond donors (Lipinski definition) is 2. The van der Waals surface area contributed by atoms with Crippen LogP contribution in [0.25, 0.3) is 10.8 Å². The zero-order chi connectivity index (χ0) is 20.9. The summed E-state index contributed by atoms with van der Waals surface area (Å²) in [7, 11) is 0. The van der Waals surface area contributed by atoms with Crippen LogP contribution < -0.4 is 11.1 Å². The molecule has 3 aromatic heterocycles. The van der Waals surface area contributed by atoms with Crippen molar-refractivity contribution in [3.05, 3.63) is 89.0 Å². The highest BCUT2D eigenvalue weighted by atomic mass is 35.5. The van der Waals surface area contributed by atoms with Crippen LogP contribution in [-0.4, -0.2) is 20.7 Å². The number of Topliss-reactive ketones (excluding diaryl/α,β-unsaturated/α-hetero) is 1. The summed E-state index contributed by atoms with van der Waals surface area (Å²) in [4.78, 5) is 25.4. The number of carbonyl (C=O) groups is 1. The summed E-state index contributed by atoms with van der Waals surface area (Å²) in [5, 5.41) is 5.58. The Morgan fingerprint density at radius 3 is 2.67 bits per heavy atom. The Labute approximate surface area is 179 Å². The summed E-state index contributed by atoms with van der Waals surface area (Å²) in [6.45, 7) is 0.539. The zero-order valence-corrected chi connectivity index (χ0v) is 16.9. The van der Waals surface area contributed by atoms with Gasteiger partial charge in [-0.25, -0.2) is 9.97 Å². The predicted octanol–water partition coefficient (Wildman–Crippen LogP) is 4.69. The van der Waals surface area contributed by atoms with Crippen molar-refractivity contribution in [1.82, 2.24) is 15.0 Å². The number of rotatable bonds is 7. The number of nitrogens with zero attached hydrogens (tertiary/aromatic N) is 3. The van der Waals surface area contributed by atoms with Crippen molar-refractivity contribution >= 4 is 39.8 Å². The Morgan fingerprint density at radius 1 is 1.00 bits per heavy atom. The number of benzene rings is 1. The molecule has 150 valence electrons. The summed E-state index contributed by atoms with van der Waals surface area (Å²) in [6.07, 6.45) is 7.63. The maximum absolute atomic E-state index is 12.9. The van der Waals surface area contributed by atoms with E-state index < -0.39 is 0 Å². The topological polar surface area (TPSA) is 93.8 Å². The van der Waals surface area contributed by atoms with E-state index in [1.165, 1.54) is 6.20 Å². The van der Waals surface area contributed by atoms with Gasteiger partial charge in [0.25, 0.3) is 0 Å². The van der Waals surface area contributed by atoms with Gasteiger partial charge in [-0.3, -0.25) is 9.78 Å². The van der Waals surface area contributed by atoms with Gasteiger partial charge in [-0.2, -0.15) is 0 Å². The molecular formula is C23H20ClN5O. The Morgan fingerprint density at radius 2 is 1.83 bits per heavy atom. The van der Waals surface area contributed by atoms with Gasteiger partial charge < -0.3 is 11.1 Å². The van der Waals surface area contributed by atoms with Crippen molar-refractivity contribution < 1.29 is 4.79 Å². The van der Waals surface area contributed by atoms with Gasteiger partial charge in [0, 0.05) is 43.1 Å². The molecule has 0 saturated carbocycles. The fourth-order valence-corrected chi connectivity index (χ4v) is 3.44. The van der Waals surface area contributed by atoms with E-state index in [0.29, 0.717) is 41.6 Å². The van der Waals surface area contributed by atoms with Crippen LogP contribution in [0.5, 0.6) is 0 Å². The summed E-state index contributed by atoms with van der Waals surface area (Å²) in [6, 6.07) is 13.4. The van der Waals surface area contributed by atoms with E-state index in [1.807, 2.05) is 36.4 Å². The fourth-order valence-electron chi connectivity index (χ4n) is 3.28. The largest absolute Gasteiger partial charge is 0.383 e. The van der Waals surface area contributed by atoms with Gasteiger partial charge in [0.05, 0.1) is 10.6 Å². The molecule has 7 heteroatoms. The second-order valence-electron chi connectivity index (χ2n) is 6.93. The first-order valence-electron chi connectivity index (χ1n) is 9.55.